The Morgan fingerprint density at radius 1 is 1.41 bits per heavy atom. The molecule has 1 saturated carbocycles. The minimum Gasteiger partial charge on any atom is -0.370 e. The van der Waals surface area contributed by atoms with Crippen molar-refractivity contribution in [3.8, 4) is 0 Å². The summed E-state index contributed by atoms with van der Waals surface area (Å²) in [5.41, 5.74) is 3.30. The molecular weight excluding hydrogens is 216 g/mol. The number of anilines is 1. The van der Waals surface area contributed by atoms with Crippen LogP contribution in [0.1, 0.15) is 50.5 Å². The standard InChI is InChI=1S/C12H20N4O/c1-8(2)9-7-10(16-13)15-11(14-9)12(17-3)5-4-6-12/h7-8H,4-6,13H2,1-3H3,(H,14,15,16). The molecule has 2 rings (SSSR count). The van der Waals surface area contributed by atoms with Gasteiger partial charge >= 0.3 is 0 Å². The molecule has 1 aliphatic carbocycles. The normalized spacial score (nSPS) is 17.9. The molecular formula is C12H20N4O. The molecule has 3 N–H and O–H groups in total. The van der Waals surface area contributed by atoms with Crippen molar-refractivity contribution in [3.05, 3.63) is 17.6 Å². The maximum atomic E-state index is 5.60. The fourth-order valence-electron chi connectivity index (χ4n) is 2.06. The first-order valence-corrected chi connectivity index (χ1v) is 6.02. The minimum atomic E-state index is -0.295. The van der Waals surface area contributed by atoms with Crippen LogP contribution < -0.4 is 11.3 Å². The van der Waals surface area contributed by atoms with Gasteiger partial charge in [0.1, 0.15) is 11.4 Å². The van der Waals surface area contributed by atoms with Crippen LogP contribution in [0.2, 0.25) is 0 Å². The number of rotatable bonds is 4. The van der Waals surface area contributed by atoms with E-state index in [1.807, 2.05) is 6.07 Å². The van der Waals surface area contributed by atoms with E-state index in [-0.39, 0.29) is 5.60 Å². The van der Waals surface area contributed by atoms with Gasteiger partial charge in [-0.25, -0.2) is 15.8 Å². The number of aromatic nitrogens is 2. The third-order valence-electron chi connectivity index (χ3n) is 3.44. The summed E-state index contributed by atoms with van der Waals surface area (Å²) < 4.78 is 5.60. The molecule has 5 nitrogen and oxygen atoms in total. The average molecular weight is 236 g/mol. The second-order valence-electron chi connectivity index (χ2n) is 4.85. The maximum Gasteiger partial charge on any atom is 0.162 e. The second kappa shape index (κ2) is 4.58. The van der Waals surface area contributed by atoms with Crippen molar-refractivity contribution in [2.24, 2.45) is 5.84 Å². The van der Waals surface area contributed by atoms with Crippen molar-refractivity contribution in [2.45, 2.75) is 44.6 Å². The molecule has 0 bridgehead atoms. The van der Waals surface area contributed by atoms with Crippen LogP contribution in [0.25, 0.3) is 0 Å². The van der Waals surface area contributed by atoms with E-state index in [0.29, 0.717) is 11.7 Å². The number of ether oxygens (including phenoxy) is 1. The van der Waals surface area contributed by atoms with Gasteiger partial charge in [0.15, 0.2) is 5.82 Å². The molecule has 1 fully saturated rings. The predicted octanol–water partition coefficient (Wildman–Crippen LogP) is 1.91. The molecule has 1 aromatic heterocycles. The molecule has 1 heterocycles. The topological polar surface area (TPSA) is 73.1 Å². The van der Waals surface area contributed by atoms with Crippen LogP contribution >= 0.6 is 0 Å². The quantitative estimate of drug-likeness (QED) is 0.617. The highest BCUT2D eigenvalue weighted by atomic mass is 16.5. The number of nitrogen functional groups attached to an aromatic ring is 1. The Balaban J connectivity index is 2.42. The van der Waals surface area contributed by atoms with Gasteiger partial charge in [0.2, 0.25) is 0 Å². The van der Waals surface area contributed by atoms with E-state index < -0.39 is 0 Å². The molecule has 1 aromatic rings. The number of hydrogen-bond acceptors (Lipinski definition) is 5. The molecule has 17 heavy (non-hydrogen) atoms. The first kappa shape index (κ1) is 12.3. The van der Waals surface area contributed by atoms with Gasteiger partial charge in [-0.05, 0) is 25.2 Å². The SMILES string of the molecule is COC1(c2nc(NN)cc(C(C)C)n2)CCC1. The van der Waals surface area contributed by atoms with Crippen LogP contribution in [-0.4, -0.2) is 17.1 Å². The molecule has 1 aliphatic rings. The van der Waals surface area contributed by atoms with Crippen molar-refractivity contribution in [1.29, 1.82) is 0 Å². The second-order valence-corrected chi connectivity index (χ2v) is 4.85. The van der Waals surface area contributed by atoms with Crippen LogP contribution in [-0.2, 0) is 10.3 Å². The minimum absolute atomic E-state index is 0.295. The molecule has 0 aliphatic heterocycles. The Labute approximate surface area is 102 Å². The Hall–Kier alpha value is -1.20. The highest BCUT2D eigenvalue weighted by Gasteiger charge is 2.42. The number of hydrazine groups is 1. The summed E-state index contributed by atoms with van der Waals surface area (Å²) in [5.74, 6) is 7.21. The largest absolute Gasteiger partial charge is 0.370 e. The van der Waals surface area contributed by atoms with Gasteiger partial charge in [-0.1, -0.05) is 13.8 Å². The van der Waals surface area contributed by atoms with Gasteiger partial charge in [-0.15, -0.1) is 0 Å². The van der Waals surface area contributed by atoms with Gasteiger partial charge in [-0.3, -0.25) is 0 Å². The summed E-state index contributed by atoms with van der Waals surface area (Å²) in [6.45, 7) is 4.21. The molecule has 0 atom stereocenters. The van der Waals surface area contributed by atoms with Crippen molar-refractivity contribution >= 4 is 5.82 Å². The predicted molar refractivity (Wildman–Crippen MR) is 66.5 cm³/mol. The van der Waals surface area contributed by atoms with Crippen molar-refractivity contribution < 1.29 is 4.74 Å². The van der Waals surface area contributed by atoms with Crippen LogP contribution in [0, 0.1) is 0 Å². The molecule has 5 heteroatoms. The monoisotopic (exact) mass is 236 g/mol. The zero-order valence-corrected chi connectivity index (χ0v) is 10.7. The summed E-state index contributed by atoms with van der Waals surface area (Å²) in [6.07, 6.45) is 3.12. The molecule has 0 saturated heterocycles. The number of nitrogens with one attached hydrogen (secondary N) is 1. The molecule has 0 radical (unpaired) electrons. The lowest BCUT2D eigenvalue weighted by atomic mass is 9.79. The lowest BCUT2D eigenvalue weighted by Crippen LogP contribution is -2.38. The number of nitrogens with two attached hydrogens (primary N) is 1. The van der Waals surface area contributed by atoms with Crippen LogP contribution in [0.4, 0.5) is 5.82 Å². The smallest absolute Gasteiger partial charge is 0.162 e. The lowest BCUT2D eigenvalue weighted by molar-refractivity contribution is -0.0847. The van der Waals surface area contributed by atoms with E-state index >= 15 is 0 Å². The maximum absolute atomic E-state index is 5.60. The van der Waals surface area contributed by atoms with E-state index in [2.05, 4.69) is 29.2 Å². The number of hydrogen-bond donors (Lipinski definition) is 2. The van der Waals surface area contributed by atoms with Crippen molar-refractivity contribution in [1.82, 2.24) is 9.97 Å². The van der Waals surface area contributed by atoms with E-state index in [4.69, 9.17) is 10.6 Å². The van der Waals surface area contributed by atoms with Gasteiger partial charge in [0.25, 0.3) is 0 Å². The van der Waals surface area contributed by atoms with E-state index in [0.717, 1.165) is 30.8 Å². The third-order valence-corrected chi connectivity index (χ3v) is 3.44. The molecule has 94 valence electrons. The average Bonchev–Trinajstić information content (AvgIpc) is 2.28. The highest BCUT2D eigenvalue weighted by molar-refractivity contribution is 5.36. The molecule has 0 spiro atoms. The highest BCUT2D eigenvalue weighted by Crippen LogP contribution is 2.43. The van der Waals surface area contributed by atoms with Gasteiger partial charge in [-0.2, -0.15) is 0 Å². The first-order valence-electron chi connectivity index (χ1n) is 6.02. The Kier molecular flexibility index (Phi) is 3.31. The fraction of sp³-hybridized carbons (Fsp3) is 0.667. The van der Waals surface area contributed by atoms with Gasteiger partial charge in [0, 0.05) is 18.9 Å². The Morgan fingerprint density at radius 2 is 2.12 bits per heavy atom. The van der Waals surface area contributed by atoms with Crippen LogP contribution in [0.15, 0.2) is 6.07 Å². The van der Waals surface area contributed by atoms with Crippen LogP contribution in [0.5, 0.6) is 0 Å². The van der Waals surface area contributed by atoms with Crippen LogP contribution in [0.3, 0.4) is 0 Å². The van der Waals surface area contributed by atoms with Gasteiger partial charge < -0.3 is 10.2 Å². The summed E-state index contributed by atoms with van der Waals surface area (Å²) in [5, 5.41) is 0. The molecule has 0 unspecified atom stereocenters. The fourth-order valence-corrected chi connectivity index (χ4v) is 2.06. The summed E-state index contributed by atoms with van der Waals surface area (Å²) in [7, 11) is 1.72. The summed E-state index contributed by atoms with van der Waals surface area (Å²) >= 11 is 0. The van der Waals surface area contributed by atoms with E-state index in [9.17, 15) is 0 Å². The number of methoxy groups -OCH3 is 1. The summed E-state index contributed by atoms with van der Waals surface area (Å²) in [6, 6.07) is 1.89. The lowest BCUT2D eigenvalue weighted by Gasteiger charge is -2.39. The van der Waals surface area contributed by atoms with Crippen molar-refractivity contribution in [3.63, 3.8) is 0 Å². The van der Waals surface area contributed by atoms with E-state index in [1.165, 1.54) is 0 Å². The Bertz CT molecular complexity index is 396. The van der Waals surface area contributed by atoms with Crippen molar-refractivity contribution in [2.75, 3.05) is 12.5 Å². The molecule has 0 amide bonds. The summed E-state index contributed by atoms with van der Waals surface area (Å²) in [4.78, 5) is 9.04. The molecule has 0 aromatic carbocycles. The zero-order valence-electron chi connectivity index (χ0n) is 10.7. The number of nitrogens with zero attached hydrogens (tertiary/aromatic N) is 2. The Morgan fingerprint density at radius 3 is 2.53 bits per heavy atom. The van der Waals surface area contributed by atoms with Gasteiger partial charge in [0.05, 0.1) is 0 Å². The first-order chi connectivity index (χ1) is 8.11. The third kappa shape index (κ3) is 2.12. The zero-order chi connectivity index (χ0) is 12.5. The van der Waals surface area contributed by atoms with E-state index in [1.54, 1.807) is 7.11 Å².